The Balaban J connectivity index is 1.55. The van der Waals surface area contributed by atoms with E-state index in [0.29, 0.717) is 0 Å². The summed E-state index contributed by atoms with van der Waals surface area (Å²) >= 11 is -0.656. The van der Waals surface area contributed by atoms with E-state index < -0.39 is 14.1 Å². The fourth-order valence-electron chi connectivity index (χ4n) is 5.93. The highest BCUT2D eigenvalue weighted by atomic mass is 27.2. The standard InChI is InChI=1S/C11H17.2C8H13.Al/c1-3-7-10(2)11-8-5-4-6-9-11;2*1-2-8-6-4-3-5-7-8;/h3-5,10-11H,1-2,6-9H2;2*3-4,8H,1-2,5-7H2;. The fourth-order valence-corrected chi connectivity index (χ4v) is 10.0. The molecule has 0 aromatic carbocycles. The van der Waals surface area contributed by atoms with Crippen LogP contribution in [0.5, 0.6) is 0 Å². The zero-order valence-corrected chi connectivity index (χ0v) is 19.4. The summed E-state index contributed by atoms with van der Waals surface area (Å²) in [5.41, 5.74) is 0. The van der Waals surface area contributed by atoms with Crippen molar-refractivity contribution in [1.29, 1.82) is 0 Å². The smallest absolute Gasteiger partial charge is 0.103 e. The lowest BCUT2D eigenvalue weighted by Crippen LogP contribution is -2.25. The van der Waals surface area contributed by atoms with Crippen LogP contribution in [0.15, 0.2) is 49.1 Å². The molecule has 4 unspecified atom stereocenters. The summed E-state index contributed by atoms with van der Waals surface area (Å²) in [6.07, 6.45) is 33.5. The van der Waals surface area contributed by atoms with Crippen molar-refractivity contribution in [2.24, 2.45) is 23.7 Å². The van der Waals surface area contributed by atoms with E-state index in [-0.39, 0.29) is 0 Å². The molecule has 4 atom stereocenters. The second kappa shape index (κ2) is 12.9. The predicted molar refractivity (Wildman–Crippen MR) is 127 cm³/mol. The van der Waals surface area contributed by atoms with Crippen molar-refractivity contribution in [3.05, 3.63) is 49.1 Å². The number of hydrogen-bond donors (Lipinski definition) is 0. The van der Waals surface area contributed by atoms with Gasteiger partial charge in [-0.25, -0.2) is 0 Å². The maximum Gasteiger partial charge on any atom is 0.262 e. The summed E-state index contributed by atoms with van der Waals surface area (Å²) < 4.78 is 0. The van der Waals surface area contributed by atoms with Crippen LogP contribution in [0.2, 0.25) is 15.8 Å². The molecule has 0 nitrogen and oxygen atoms in total. The molecule has 3 aliphatic rings. The molecule has 154 valence electrons. The molecule has 3 rings (SSSR count). The minimum Gasteiger partial charge on any atom is -0.103 e. The lowest BCUT2D eigenvalue weighted by Gasteiger charge is -2.30. The lowest BCUT2D eigenvalue weighted by atomic mass is 9.82. The van der Waals surface area contributed by atoms with Crippen LogP contribution in [-0.4, -0.2) is 14.1 Å². The van der Waals surface area contributed by atoms with Crippen LogP contribution in [0.4, 0.5) is 0 Å². The fraction of sp³-hybridized carbons (Fsp3) is 0.704. The first-order chi connectivity index (χ1) is 13.8. The molecule has 0 aromatic rings. The Bertz CT molecular complexity index is 500. The van der Waals surface area contributed by atoms with Gasteiger partial charge in [-0.15, -0.1) is 6.58 Å². The summed E-state index contributed by atoms with van der Waals surface area (Å²) in [5, 5.41) is 4.81. The van der Waals surface area contributed by atoms with Gasteiger partial charge in [0, 0.05) is 0 Å². The molecule has 0 heterocycles. The SMILES string of the molecule is C=CCC([CH2][Al]([CH2]CC1CC=CCC1)[CH2]CC1CC=CCC1)C1CC=CCC1. The van der Waals surface area contributed by atoms with Gasteiger partial charge in [-0.3, -0.25) is 0 Å². The van der Waals surface area contributed by atoms with Gasteiger partial charge in [0.1, 0.15) is 0 Å². The second-order valence-electron chi connectivity index (χ2n) is 9.89. The molecule has 0 amide bonds. The van der Waals surface area contributed by atoms with Crippen LogP contribution in [-0.2, 0) is 0 Å². The minimum absolute atomic E-state index is 0.656. The molecule has 3 aliphatic carbocycles. The van der Waals surface area contributed by atoms with Gasteiger partial charge in [-0.05, 0) is 87.9 Å². The maximum atomic E-state index is 4.12. The third kappa shape index (κ3) is 7.73. The summed E-state index contributed by atoms with van der Waals surface area (Å²) in [6.45, 7) is 4.12. The molecule has 28 heavy (non-hydrogen) atoms. The van der Waals surface area contributed by atoms with E-state index in [9.17, 15) is 0 Å². The van der Waals surface area contributed by atoms with E-state index in [1.165, 1.54) is 77.0 Å². The van der Waals surface area contributed by atoms with Crippen LogP contribution < -0.4 is 0 Å². The Hall–Kier alpha value is -0.508. The summed E-state index contributed by atoms with van der Waals surface area (Å²) in [4.78, 5) is 0. The zero-order valence-electron chi connectivity index (χ0n) is 18.2. The summed E-state index contributed by atoms with van der Waals surface area (Å²) in [6, 6.07) is 0. The van der Waals surface area contributed by atoms with Crippen molar-refractivity contribution in [3.8, 4) is 0 Å². The Morgan fingerprint density at radius 3 is 1.82 bits per heavy atom. The highest BCUT2D eigenvalue weighted by molar-refractivity contribution is 6.58. The van der Waals surface area contributed by atoms with Crippen LogP contribution >= 0.6 is 0 Å². The highest BCUT2D eigenvalue weighted by Gasteiger charge is 2.28. The molecule has 0 aliphatic heterocycles. The van der Waals surface area contributed by atoms with Crippen molar-refractivity contribution >= 4 is 14.1 Å². The Morgan fingerprint density at radius 2 is 1.36 bits per heavy atom. The third-order valence-corrected chi connectivity index (χ3v) is 11.4. The first-order valence-electron chi connectivity index (χ1n) is 12.4. The maximum absolute atomic E-state index is 4.12. The Labute approximate surface area is 179 Å². The number of rotatable bonds is 11. The van der Waals surface area contributed by atoms with Gasteiger partial charge >= 0.3 is 0 Å². The Morgan fingerprint density at radius 1 is 0.786 bits per heavy atom. The van der Waals surface area contributed by atoms with Crippen LogP contribution in [0.25, 0.3) is 0 Å². The molecular weight excluding hydrogens is 351 g/mol. The van der Waals surface area contributed by atoms with E-state index in [0.717, 1.165) is 23.7 Å². The molecule has 0 N–H and O–H groups in total. The summed E-state index contributed by atoms with van der Waals surface area (Å²) in [5.74, 6) is 3.85. The van der Waals surface area contributed by atoms with E-state index in [2.05, 4.69) is 49.1 Å². The first-order valence-corrected chi connectivity index (χ1v) is 14.9. The molecule has 0 spiro atoms. The van der Waals surface area contributed by atoms with E-state index in [4.69, 9.17) is 0 Å². The Kier molecular flexibility index (Phi) is 10.2. The lowest BCUT2D eigenvalue weighted by molar-refractivity contribution is 0.331. The largest absolute Gasteiger partial charge is 0.262 e. The molecule has 0 fully saturated rings. The van der Waals surface area contributed by atoms with Crippen molar-refractivity contribution in [2.45, 2.75) is 92.9 Å². The van der Waals surface area contributed by atoms with Crippen molar-refractivity contribution in [3.63, 3.8) is 0 Å². The molecule has 1 heteroatoms. The van der Waals surface area contributed by atoms with Gasteiger partial charge in [0.2, 0.25) is 0 Å². The zero-order chi connectivity index (χ0) is 19.4. The third-order valence-electron chi connectivity index (χ3n) is 7.80. The normalized spacial score (nSPS) is 28.2. The van der Waals surface area contributed by atoms with E-state index in [1.807, 2.05) is 0 Å². The first kappa shape index (κ1) is 22.2. The van der Waals surface area contributed by atoms with Gasteiger partial charge in [0.25, 0.3) is 14.1 Å². The van der Waals surface area contributed by atoms with Crippen molar-refractivity contribution < 1.29 is 0 Å². The minimum atomic E-state index is -0.656. The highest BCUT2D eigenvalue weighted by Crippen LogP contribution is 2.36. The molecular formula is C27H43Al. The van der Waals surface area contributed by atoms with Crippen LogP contribution in [0.3, 0.4) is 0 Å². The van der Waals surface area contributed by atoms with Crippen LogP contribution in [0, 0.1) is 23.7 Å². The van der Waals surface area contributed by atoms with Gasteiger partial charge < -0.3 is 0 Å². The van der Waals surface area contributed by atoms with Gasteiger partial charge in [-0.2, -0.15) is 0 Å². The average Bonchev–Trinajstić information content (AvgIpc) is 2.77. The number of hydrogen-bond acceptors (Lipinski definition) is 0. The average molecular weight is 395 g/mol. The van der Waals surface area contributed by atoms with Gasteiger partial charge in [0.05, 0.1) is 0 Å². The number of allylic oxidation sites excluding steroid dienone is 7. The second-order valence-corrected chi connectivity index (χ2v) is 13.2. The molecule has 0 aromatic heterocycles. The quantitative estimate of drug-likeness (QED) is 0.243. The topological polar surface area (TPSA) is 0 Å². The van der Waals surface area contributed by atoms with Crippen molar-refractivity contribution in [2.75, 3.05) is 0 Å². The van der Waals surface area contributed by atoms with Gasteiger partial charge in [-0.1, -0.05) is 71.2 Å². The summed E-state index contributed by atoms with van der Waals surface area (Å²) in [7, 11) is 0. The van der Waals surface area contributed by atoms with Crippen molar-refractivity contribution in [1.82, 2.24) is 0 Å². The molecule has 0 saturated carbocycles. The molecule has 0 saturated heterocycles. The molecule has 0 radical (unpaired) electrons. The van der Waals surface area contributed by atoms with E-state index >= 15 is 0 Å². The predicted octanol–water partition coefficient (Wildman–Crippen LogP) is 8.52. The monoisotopic (exact) mass is 394 g/mol. The van der Waals surface area contributed by atoms with Crippen LogP contribution in [0.1, 0.15) is 77.0 Å². The molecule has 0 bridgehead atoms. The van der Waals surface area contributed by atoms with Gasteiger partial charge in [0.15, 0.2) is 0 Å². The van der Waals surface area contributed by atoms with E-state index in [1.54, 1.807) is 15.8 Å².